The van der Waals surface area contributed by atoms with E-state index in [-0.39, 0.29) is 0 Å². The van der Waals surface area contributed by atoms with Crippen molar-refractivity contribution < 1.29 is 4.74 Å². The Balaban J connectivity index is 2.24. The summed E-state index contributed by atoms with van der Waals surface area (Å²) in [5.74, 6) is 0. The Morgan fingerprint density at radius 1 is 1.55 bits per heavy atom. The quantitative estimate of drug-likeness (QED) is 0.598. The summed E-state index contributed by atoms with van der Waals surface area (Å²) >= 11 is 0. The van der Waals surface area contributed by atoms with Gasteiger partial charge in [0.25, 0.3) is 0 Å². The Morgan fingerprint density at radius 2 is 2.27 bits per heavy atom. The maximum Gasteiger partial charge on any atom is 0.0891 e. The molecule has 1 rings (SSSR count). The highest BCUT2D eigenvalue weighted by Crippen LogP contribution is 2.04. The highest BCUT2D eigenvalue weighted by molar-refractivity contribution is 4.89. The molecule has 0 fully saturated rings. The third-order valence-electron chi connectivity index (χ3n) is 1.83. The summed E-state index contributed by atoms with van der Waals surface area (Å²) in [6.07, 6.45) is 4.48. The van der Waals surface area contributed by atoms with Crippen molar-refractivity contribution in [2.24, 2.45) is 0 Å². The van der Waals surface area contributed by atoms with Crippen molar-refractivity contribution in [3.05, 3.63) is 12.4 Å². The Bertz CT molecular complexity index is 147. The monoisotopic (exact) mass is 156 g/mol. The highest BCUT2D eigenvalue weighted by atomic mass is 16.5. The van der Waals surface area contributed by atoms with E-state index in [0.29, 0.717) is 6.10 Å². The Labute approximate surface area is 68.2 Å². The van der Waals surface area contributed by atoms with Gasteiger partial charge in [-0.3, -0.25) is 0 Å². The predicted molar refractivity (Wildman–Crippen MR) is 44.9 cm³/mol. The fraction of sp³-hybridized carbons (Fsp3) is 0.750. The van der Waals surface area contributed by atoms with Crippen LogP contribution in [0, 0.1) is 0 Å². The number of rotatable bonds is 3. The van der Waals surface area contributed by atoms with Crippen LogP contribution in [0.25, 0.3) is 0 Å². The van der Waals surface area contributed by atoms with E-state index in [2.05, 4.69) is 36.2 Å². The molecule has 0 aromatic rings. The zero-order chi connectivity index (χ0) is 8.27. The average molecular weight is 156 g/mol. The number of nitrogens with zero attached hydrogens (tertiary/aromatic N) is 2. The van der Waals surface area contributed by atoms with Gasteiger partial charge in [0.1, 0.15) is 0 Å². The minimum absolute atomic E-state index is 0.311. The second-order valence-corrected chi connectivity index (χ2v) is 3.01. The van der Waals surface area contributed by atoms with Gasteiger partial charge in [-0.2, -0.15) is 0 Å². The van der Waals surface area contributed by atoms with Gasteiger partial charge in [0.15, 0.2) is 0 Å². The largest absolute Gasteiger partial charge is 0.380 e. The van der Waals surface area contributed by atoms with Crippen molar-refractivity contribution in [1.82, 2.24) is 9.80 Å². The Morgan fingerprint density at radius 3 is 2.73 bits per heavy atom. The lowest BCUT2D eigenvalue weighted by Gasteiger charge is -2.21. The Kier molecular flexibility index (Phi) is 2.76. The van der Waals surface area contributed by atoms with E-state index in [0.717, 1.165) is 13.2 Å². The van der Waals surface area contributed by atoms with Gasteiger partial charge in [0.2, 0.25) is 0 Å². The van der Waals surface area contributed by atoms with Crippen LogP contribution in [-0.4, -0.2) is 43.3 Å². The predicted octanol–water partition coefficient (Wildman–Crippen LogP) is 0.697. The molecule has 1 atom stereocenters. The van der Waals surface area contributed by atoms with Gasteiger partial charge in [0.05, 0.1) is 12.8 Å². The Hall–Kier alpha value is -0.700. The number of ether oxygens (including phenoxy) is 1. The summed E-state index contributed by atoms with van der Waals surface area (Å²) in [5, 5.41) is 0. The summed E-state index contributed by atoms with van der Waals surface area (Å²) in [7, 11) is 3.81. The smallest absolute Gasteiger partial charge is 0.0891 e. The highest BCUT2D eigenvalue weighted by Gasteiger charge is 2.10. The van der Waals surface area contributed by atoms with Crippen LogP contribution in [0.15, 0.2) is 12.4 Å². The van der Waals surface area contributed by atoms with Crippen molar-refractivity contribution in [2.75, 3.05) is 27.4 Å². The fourth-order valence-corrected chi connectivity index (χ4v) is 1.11. The SMILES string of the molecule is COC(C)CN1C=CN(C)C1. The van der Waals surface area contributed by atoms with E-state index in [9.17, 15) is 0 Å². The molecule has 64 valence electrons. The lowest BCUT2D eigenvalue weighted by Crippen LogP contribution is -2.29. The molecular weight excluding hydrogens is 140 g/mol. The van der Waals surface area contributed by atoms with Gasteiger partial charge in [0, 0.05) is 33.1 Å². The molecule has 0 saturated heterocycles. The first kappa shape index (κ1) is 8.40. The van der Waals surface area contributed by atoms with E-state index in [1.165, 1.54) is 0 Å². The minimum atomic E-state index is 0.311. The lowest BCUT2D eigenvalue weighted by atomic mass is 10.4. The summed E-state index contributed by atoms with van der Waals surface area (Å²) in [5.41, 5.74) is 0. The van der Waals surface area contributed by atoms with Crippen LogP contribution in [0.4, 0.5) is 0 Å². The molecule has 0 aromatic carbocycles. The molecular formula is C8H16N2O. The van der Waals surface area contributed by atoms with Crippen molar-refractivity contribution in [2.45, 2.75) is 13.0 Å². The zero-order valence-corrected chi connectivity index (χ0v) is 7.45. The molecule has 0 bridgehead atoms. The maximum absolute atomic E-state index is 5.15. The molecule has 0 N–H and O–H groups in total. The fourth-order valence-electron chi connectivity index (χ4n) is 1.11. The van der Waals surface area contributed by atoms with Gasteiger partial charge >= 0.3 is 0 Å². The third kappa shape index (κ3) is 2.42. The van der Waals surface area contributed by atoms with Gasteiger partial charge in [-0.1, -0.05) is 0 Å². The summed E-state index contributed by atoms with van der Waals surface area (Å²) < 4.78 is 5.15. The maximum atomic E-state index is 5.15. The van der Waals surface area contributed by atoms with Crippen LogP contribution >= 0.6 is 0 Å². The van der Waals surface area contributed by atoms with E-state index in [1.807, 2.05) is 0 Å². The van der Waals surface area contributed by atoms with Crippen LogP contribution in [0.1, 0.15) is 6.92 Å². The molecule has 0 aliphatic carbocycles. The van der Waals surface area contributed by atoms with Crippen LogP contribution < -0.4 is 0 Å². The van der Waals surface area contributed by atoms with E-state index in [4.69, 9.17) is 4.74 Å². The molecule has 1 aliphatic heterocycles. The topological polar surface area (TPSA) is 15.7 Å². The molecule has 0 spiro atoms. The second-order valence-electron chi connectivity index (χ2n) is 3.01. The molecule has 3 heteroatoms. The van der Waals surface area contributed by atoms with Crippen LogP contribution in [0.5, 0.6) is 0 Å². The molecule has 0 amide bonds. The number of hydrogen-bond donors (Lipinski definition) is 0. The van der Waals surface area contributed by atoms with Crippen molar-refractivity contribution in [3.8, 4) is 0 Å². The normalized spacial score (nSPS) is 19.5. The molecule has 0 aromatic heterocycles. The average Bonchev–Trinajstić information content (AvgIpc) is 2.35. The summed E-state index contributed by atoms with van der Waals surface area (Å²) in [6, 6.07) is 0. The molecule has 0 radical (unpaired) electrons. The number of methoxy groups -OCH3 is 1. The molecule has 0 saturated carbocycles. The first-order valence-corrected chi connectivity index (χ1v) is 3.88. The zero-order valence-electron chi connectivity index (χ0n) is 7.45. The van der Waals surface area contributed by atoms with Gasteiger partial charge in [-0.25, -0.2) is 0 Å². The van der Waals surface area contributed by atoms with Crippen LogP contribution in [0.3, 0.4) is 0 Å². The van der Waals surface area contributed by atoms with Crippen LogP contribution in [0.2, 0.25) is 0 Å². The van der Waals surface area contributed by atoms with Crippen molar-refractivity contribution in [1.29, 1.82) is 0 Å². The van der Waals surface area contributed by atoms with Crippen molar-refractivity contribution >= 4 is 0 Å². The molecule has 3 nitrogen and oxygen atoms in total. The molecule has 1 heterocycles. The van der Waals surface area contributed by atoms with E-state index < -0.39 is 0 Å². The molecule has 1 aliphatic rings. The second kappa shape index (κ2) is 3.62. The minimum Gasteiger partial charge on any atom is -0.380 e. The summed E-state index contributed by atoms with van der Waals surface area (Å²) in [6.45, 7) is 4.03. The van der Waals surface area contributed by atoms with E-state index in [1.54, 1.807) is 7.11 Å². The van der Waals surface area contributed by atoms with E-state index >= 15 is 0 Å². The van der Waals surface area contributed by atoms with Crippen LogP contribution in [-0.2, 0) is 4.74 Å². The first-order valence-electron chi connectivity index (χ1n) is 3.88. The lowest BCUT2D eigenvalue weighted by molar-refractivity contribution is 0.0873. The molecule has 1 unspecified atom stereocenters. The van der Waals surface area contributed by atoms with Gasteiger partial charge in [-0.15, -0.1) is 0 Å². The number of hydrogen-bond acceptors (Lipinski definition) is 3. The van der Waals surface area contributed by atoms with Gasteiger partial charge in [-0.05, 0) is 6.92 Å². The standard InChI is InChI=1S/C8H16N2O/c1-8(11-3)6-10-5-4-9(2)7-10/h4-5,8H,6-7H2,1-3H3. The molecule has 11 heavy (non-hydrogen) atoms. The first-order chi connectivity index (χ1) is 5.22. The summed E-state index contributed by atoms with van der Waals surface area (Å²) in [4.78, 5) is 4.37. The van der Waals surface area contributed by atoms with Crippen molar-refractivity contribution in [3.63, 3.8) is 0 Å². The third-order valence-corrected chi connectivity index (χ3v) is 1.83. The van der Waals surface area contributed by atoms with Gasteiger partial charge < -0.3 is 14.5 Å².